The monoisotopic (exact) mass is 332 g/mol. The van der Waals surface area contributed by atoms with Crippen LogP contribution < -0.4 is 4.74 Å². The van der Waals surface area contributed by atoms with E-state index >= 15 is 0 Å². The number of nitrogens with zero attached hydrogens (tertiary/aromatic N) is 2. The third-order valence-corrected chi connectivity index (χ3v) is 5.57. The second-order valence-electron chi connectivity index (χ2n) is 5.92. The Balaban J connectivity index is 1.57. The zero-order valence-electron chi connectivity index (χ0n) is 13.3. The molecule has 5 nitrogen and oxygen atoms in total. The molecule has 3 rings (SSSR count). The first-order valence-corrected chi connectivity index (χ1v) is 9.17. The van der Waals surface area contributed by atoms with E-state index in [2.05, 4.69) is 4.98 Å². The number of hydrogen-bond donors (Lipinski definition) is 0. The molecule has 1 aliphatic heterocycles. The summed E-state index contributed by atoms with van der Waals surface area (Å²) in [6, 6.07) is 13.1. The molecule has 2 aromatic rings. The van der Waals surface area contributed by atoms with Crippen LogP contribution in [0, 0.1) is 13.8 Å². The fourth-order valence-corrected chi connectivity index (χ4v) is 4.13. The minimum atomic E-state index is -3.29. The fraction of sp³-hybridized carbons (Fsp3) is 0.353. The Bertz CT molecular complexity index is 799. The maximum Gasteiger partial charge on any atom is 0.218 e. The Morgan fingerprint density at radius 3 is 2.61 bits per heavy atom. The molecule has 1 saturated heterocycles. The van der Waals surface area contributed by atoms with Gasteiger partial charge in [0.25, 0.3) is 0 Å². The summed E-state index contributed by atoms with van der Waals surface area (Å²) in [7, 11) is -3.29. The van der Waals surface area contributed by atoms with Gasteiger partial charge in [0, 0.05) is 11.8 Å². The predicted octanol–water partition coefficient (Wildman–Crippen LogP) is 2.29. The van der Waals surface area contributed by atoms with Gasteiger partial charge in [-0.25, -0.2) is 13.4 Å². The lowest BCUT2D eigenvalue weighted by atomic mass is 10.2. The van der Waals surface area contributed by atoms with Crippen LogP contribution in [0.15, 0.2) is 42.5 Å². The van der Waals surface area contributed by atoms with Crippen molar-refractivity contribution >= 4 is 10.0 Å². The van der Waals surface area contributed by atoms with Crippen LogP contribution in [0.4, 0.5) is 0 Å². The van der Waals surface area contributed by atoms with Crippen molar-refractivity contribution in [1.29, 1.82) is 0 Å². The van der Waals surface area contributed by atoms with E-state index in [1.165, 1.54) is 4.31 Å². The standard InChI is InChI=1S/C17H20N2O3S/c1-13-5-3-7-15(9-13)12-23(20,21)19-10-16(11-19)22-17-8-4-6-14(2)18-17/h3-9,16H,10-12H2,1-2H3. The third-order valence-electron chi connectivity index (χ3n) is 3.79. The van der Waals surface area contributed by atoms with Gasteiger partial charge in [0.15, 0.2) is 0 Å². The van der Waals surface area contributed by atoms with E-state index in [4.69, 9.17) is 4.74 Å². The van der Waals surface area contributed by atoms with E-state index < -0.39 is 10.0 Å². The number of benzene rings is 1. The lowest BCUT2D eigenvalue weighted by Gasteiger charge is -2.37. The zero-order valence-corrected chi connectivity index (χ0v) is 14.1. The molecule has 1 fully saturated rings. The molecule has 1 aromatic heterocycles. The molecule has 0 spiro atoms. The van der Waals surface area contributed by atoms with Crippen molar-refractivity contribution in [3.8, 4) is 5.88 Å². The van der Waals surface area contributed by atoms with Gasteiger partial charge in [-0.15, -0.1) is 0 Å². The minimum Gasteiger partial charge on any atom is -0.472 e. The number of aromatic nitrogens is 1. The van der Waals surface area contributed by atoms with Gasteiger partial charge < -0.3 is 4.74 Å². The lowest BCUT2D eigenvalue weighted by Crippen LogP contribution is -2.56. The predicted molar refractivity (Wildman–Crippen MR) is 88.8 cm³/mol. The molecule has 0 saturated carbocycles. The first kappa shape index (κ1) is 16.0. The van der Waals surface area contributed by atoms with Crippen LogP contribution in [-0.2, 0) is 15.8 Å². The SMILES string of the molecule is Cc1cccc(CS(=O)(=O)N2CC(Oc3cccc(C)n3)C2)c1. The van der Waals surface area contributed by atoms with Crippen molar-refractivity contribution in [3.63, 3.8) is 0 Å². The summed E-state index contributed by atoms with van der Waals surface area (Å²) in [5, 5.41) is 0. The van der Waals surface area contributed by atoms with E-state index in [0.717, 1.165) is 16.8 Å². The molecule has 1 aromatic carbocycles. The number of pyridine rings is 1. The summed E-state index contributed by atoms with van der Waals surface area (Å²) in [4.78, 5) is 4.27. The van der Waals surface area contributed by atoms with Gasteiger partial charge in [-0.05, 0) is 25.5 Å². The van der Waals surface area contributed by atoms with Crippen molar-refractivity contribution in [2.75, 3.05) is 13.1 Å². The maximum atomic E-state index is 12.4. The van der Waals surface area contributed by atoms with Crippen molar-refractivity contribution in [2.24, 2.45) is 0 Å². The highest BCUT2D eigenvalue weighted by atomic mass is 32.2. The molecular formula is C17H20N2O3S. The third kappa shape index (κ3) is 3.89. The van der Waals surface area contributed by atoms with Crippen LogP contribution >= 0.6 is 0 Å². The summed E-state index contributed by atoms with van der Waals surface area (Å²) in [5.41, 5.74) is 2.76. The number of ether oxygens (including phenoxy) is 1. The second kappa shape index (κ2) is 6.29. The van der Waals surface area contributed by atoms with Crippen LogP contribution in [0.2, 0.25) is 0 Å². The molecule has 1 aliphatic rings. The van der Waals surface area contributed by atoms with E-state index in [0.29, 0.717) is 19.0 Å². The molecule has 0 bridgehead atoms. The van der Waals surface area contributed by atoms with Crippen LogP contribution in [0.25, 0.3) is 0 Å². The Kier molecular flexibility index (Phi) is 4.37. The second-order valence-corrected chi connectivity index (χ2v) is 7.89. The molecule has 122 valence electrons. The number of hydrogen-bond acceptors (Lipinski definition) is 4. The lowest BCUT2D eigenvalue weighted by molar-refractivity contribution is 0.0718. The molecule has 23 heavy (non-hydrogen) atoms. The molecule has 0 aliphatic carbocycles. The Hall–Kier alpha value is -1.92. The van der Waals surface area contributed by atoms with Crippen LogP contribution in [0.1, 0.15) is 16.8 Å². The quantitative estimate of drug-likeness (QED) is 0.843. The zero-order chi connectivity index (χ0) is 16.4. The molecule has 0 N–H and O–H groups in total. The van der Waals surface area contributed by atoms with Gasteiger partial charge in [-0.1, -0.05) is 35.9 Å². The first-order chi connectivity index (χ1) is 10.9. The number of sulfonamides is 1. The normalized spacial score (nSPS) is 16.1. The summed E-state index contributed by atoms with van der Waals surface area (Å²) in [6.45, 7) is 4.61. The smallest absolute Gasteiger partial charge is 0.218 e. The topological polar surface area (TPSA) is 59.5 Å². The van der Waals surface area contributed by atoms with E-state index in [1.54, 1.807) is 6.07 Å². The Labute approximate surface area is 137 Å². The number of rotatable bonds is 5. The Morgan fingerprint density at radius 1 is 1.17 bits per heavy atom. The highest BCUT2D eigenvalue weighted by Gasteiger charge is 2.37. The molecule has 6 heteroatoms. The Morgan fingerprint density at radius 2 is 1.91 bits per heavy atom. The molecule has 0 unspecified atom stereocenters. The first-order valence-electron chi connectivity index (χ1n) is 7.56. The highest BCUT2D eigenvalue weighted by Crippen LogP contribution is 2.22. The van der Waals surface area contributed by atoms with Gasteiger partial charge >= 0.3 is 0 Å². The van der Waals surface area contributed by atoms with Crippen LogP contribution in [0.3, 0.4) is 0 Å². The van der Waals surface area contributed by atoms with Crippen molar-refractivity contribution in [2.45, 2.75) is 25.7 Å². The highest BCUT2D eigenvalue weighted by molar-refractivity contribution is 7.88. The molecule has 2 heterocycles. The number of aryl methyl sites for hydroxylation is 2. The average molecular weight is 332 g/mol. The van der Waals surface area contributed by atoms with E-state index in [-0.39, 0.29) is 11.9 Å². The largest absolute Gasteiger partial charge is 0.472 e. The summed E-state index contributed by atoms with van der Waals surface area (Å²) in [6.07, 6.45) is -0.128. The maximum absolute atomic E-state index is 12.4. The summed E-state index contributed by atoms with van der Waals surface area (Å²) in [5.74, 6) is 0.579. The van der Waals surface area contributed by atoms with Crippen molar-refractivity contribution in [3.05, 3.63) is 59.3 Å². The fourth-order valence-electron chi connectivity index (χ4n) is 2.56. The van der Waals surface area contributed by atoms with Crippen molar-refractivity contribution < 1.29 is 13.2 Å². The van der Waals surface area contributed by atoms with E-state index in [9.17, 15) is 8.42 Å². The van der Waals surface area contributed by atoms with Gasteiger partial charge in [-0.2, -0.15) is 4.31 Å². The average Bonchev–Trinajstić information content (AvgIpc) is 2.41. The van der Waals surface area contributed by atoms with Gasteiger partial charge in [0.2, 0.25) is 15.9 Å². The molecule has 0 radical (unpaired) electrons. The molecule has 0 amide bonds. The molecular weight excluding hydrogens is 312 g/mol. The minimum absolute atomic E-state index is 0.0318. The van der Waals surface area contributed by atoms with Crippen LogP contribution in [-0.4, -0.2) is 36.9 Å². The van der Waals surface area contributed by atoms with Gasteiger partial charge in [0.1, 0.15) is 6.10 Å². The van der Waals surface area contributed by atoms with Gasteiger partial charge in [-0.3, -0.25) is 0 Å². The van der Waals surface area contributed by atoms with Gasteiger partial charge in [0.05, 0.1) is 18.8 Å². The van der Waals surface area contributed by atoms with E-state index in [1.807, 2.05) is 50.2 Å². The summed E-state index contributed by atoms with van der Waals surface area (Å²) >= 11 is 0. The van der Waals surface area contributed by atoms with Crippen LogP contribution in [0.5, 0.6) is 5.88 Å². The van der Waals surface area contributed by atoms with Crippen molar-refractivity contribution in [1.82, 2.24) is 9.29 Å². The molecule has 0 atom stereocenters. The summed E-state index contributed by atoms with van der Waals surface area (Å²) < 4.78 is 32.0.